The Bertz CT molecular complexity index is 1980. The molecule has 600 valence electrons. The van der Waals surface area contributed by atoms with Crippen molar-refractivity contribution in [3.05, 3.63) is 0 Å². The molecule has 0 rings (SSSR count). The van der Waals surface area contributed by atoms with Gasteiger partial charge in [-0.05, 0) is 49.4 Å². The summed E-state index contributed by atoms with van der Waals surface area (Å²) in [6.45, 7) is 14.3. The van der Waals surface area contributed by atoms with Crippen LogP contribution in [0.25, 0.3) is 0 Å². The average Bonchev–Trinajstić information content (AvgIpc) is 1.12. The van der Waals surface area contributed by atoms with E-state index < -0.39 is 97.5 Å². The molecule has 19 heteroatoms. The Morgan fingerprint density at radius 1 is 0.277 bits per heavy atom. The number of hydrogen-bond donors (Lipinski definition) is 3. The van der Waals surface area contributed by atoms with E-state index in [1.54, 1.807) is 0 Å². The molecule has 0 aliphatic rings. The van der Waals surface area contributed by atoms with E-state index in [0.717, 1.165) is 120 Å². The van der Waals surface area contributed by atoms with E-state index in [1.165, 1.54) is 218 Å². The van der Waals surface area contributed by atoms with Crippen LogP contribution in [0.3, 0.4) is 0 Å². The van der Waals surface area contributed by atoms with Gasteiger partial charge >= 0.3 is 39.5 Å². The highest BCUT2D eigenvalue weighted by Gasteiger charge is 2.30. The van der Waals surface area contributed by atoms with Gasteiger partial charge in [-0.15, -0.1) is 0 Å². The summed E-state index contributed by atoms with van der Waals surface area (Å²) in [4.78, 5) is 73.1. The lowest BCUT2D eigenvalue weighted by atomic mass is 9.99. The highest BCUT2D eigenvalue weighted by molar-refractivity contribution is 7.47. The third-order valence-electron chi connectivity index (χ3n) is 19.8. The molecule has 0 aromatic carbocycles. The van der Waals surface area contributed by atoms with Crippen LogP contribution in [0.1, 0.15) is 421 Å². The molecule has 0 aliphatic heterocycles. The molecule has 0 heterocycles. The standard InChI is InChI=1S/C82H160O17P2/c1-9-74(7)60-52-44-36-30-24-17-14-15-19-27-33-39-49-57-65-82(87)99-78(69-93-80(85)63-55-47-41-40-45-53-61-75(8)10-2)71-97-101(90,91)95-67-76(83)66-94-100(88,89)96-70-77(68-92-79(84)62-54-46-37-31-25-21-20-23-29-35-43-51-59-73(5)6)98-81(86)64-56-48-38-32-26-18-13-11-12-16-22-28-34-42-50-58-72(3)4/h72-78,83H,9-71H2,1-8H3,(H,88,89)(H,90,91)/t74?,75?,76-,77-,78-/m1/s1. The Kier molecular flexibility index (Phi) is 69.6. The van der Waals surface area contributed by atoms with Crippen molar-refractivity contribution >= 4 is 39.5 Å². The SMILES string of the molecule is CCC(C)CCCCCCCCCCCCCCCCC(=O)O[C@H](COC(=O)CCCCCCCCC(C)CC)COP(=O)(O)OC[C@H](O)COP(=O)(O)OC[C@@H](COC(=O)CCCCCCCCCCCCCCC(C)C)OC(=O)CCCCCCCCCCCCCCCCCC(C)C. The second-order valence-electron chi connectivity index (χ2n) is 31.0. The minimum atomic E-state index is -4.96. The van der Waals surface area contributed by atoms with Crippen LogP contribution in [0.5, 0.6) is 0 Å². The topological polar surface area (TPSA) is 237 Å². The summed E-state index contributed by atoms with van der Waals surface area (Å²) >= 11 is 0. The van der Waals surface area contributed by atoms with Crippen LogP contribution >= 0.6 is 15.6 Å². The van der Waals surface area contributed by atoms with E-state index in [2.05, 4.69) is 55.4 Å². The van der Waals surface area contributed by atoms with Crippen LogP contribution in [-0.4, -0.2) is 96.7 Å². The molecule has 0 saturated heterocycles. The molecule has 0 fully saturated rings. The number of carbonyl (C=O) groups excluding carboxylic acids is 4. The summed E-state index contributed by atoms with van der Waals surface area (Å²) in [5.74, 6) is 1.05. The van der Waals surface area contributed by atoms with Gasteiger partial charge < -0.3 is 33.8 Å². The Morgan fingerprint density at radius 3 is 0.703 bits per heavy atom. The first-order chi connectivity index (χ1) is 48.7. The Hall–Kier alpha value is -1.94. The predicted octanol–water partition coefficient (Wildman–Crippen LogP) is 24.4. The van der Waals surface area contributed by atoms with Gasteiger partial charge in [0.1, 0.15) is 19.3 Å². The summed E-state index contributed by atoms with van der Waals surface area (Å²) in [5, 5.41) is 10.7. The maximum atomic E-state index is 13.1. The van der Waals surface area contributed by atoms with Crippen molar-refractivity contribution in [1.29, 1.82) is 0 Å². The second-order valence-corrected chi connectivity index (χ2v) is 33.9. The van der Waals surface area contributed by atoms with Crippen molar-refractivity contribution in [1.82, 2.24) is 0 Å². The zero-order chi connectivity index (χ0) is 74.6. The van der Waals surface area contributed by atoms with Crippen molar-refractivity contribution in [2.45, 2.75) is 440 Å². The van der Waals surface area contributed by atoms with Crippen LogP contribution in [0, 0.1) is 23.7 Å². The lowest BCUT2D eigenvalue weighted by Crippen LogP contribution is -2.30. The van der Waals surface area contributed by atoms with Crippen LogP contribution in [-0.2, 0) is 65.4 Å². The number of aliphatic hydroxyl groups excluding tert-OH is 1. The maximum absolute atomic E-state index is 13.1. The van der Waals surface area contributed by atoms with Crippen LogP contribution in [0.2, 0.25) is 0 Å². The third-order valence-corrected chi connectivity index (χ3v) is 21.7. The van der Waals surface area contributed by atoms with Crippen molar-refractivity contribution in [3.8, 4) is 0 Å². The lowest BCUT2D eigenvalue weighted by Gasteiger charge is -2.21. The number of phosphoric acid groups is 2. The van der Waals surface area contributed by atoms with Gasteiger partial charge in [-0.2, -0.15) is 0 Å². The number of hydrogen-bond acceptors (Lipinski definition) is 15. The lowest BCUT2D eigenvalue weighted by molar-refractivity contribution is -0.161. The molecule has 0 radical (unpaired) electrons. The van der Waals surface area contributed by atoms with Crippen molar-refractivity contribution in [3.63, 3.8) is 0 Å². The molecular weight excluding hydrogens is 1320 g/mol. The summed E-state index contributed by atoms with van der Waals surface area (Å²) in [6.07, 6.45) is 58.2. The normalized spacial score (nSPS) is 14.5. The second kappa shape index (κ2) is 71.0. The molecule has 0 aromatic rings. The smallest absolute Gasteiger partial charge is 0.462 e. The maximum Gasteiger partial charge on any atom is 0.472 e. The van der Waals surface area contributed by atoms with Gasteiger partial charge in [0.25, 0.3) is 0 Å². The van der Waals surface area contributed by atoms with E-state index in [0.29, 0.717) is 25.7 Å². The molecule has 0 bridgehead atoms. The largest absolute Gasteiger partial charge is 0.472 e. The zero-order valence-electron chi connectivity index (χ0n) is 66.5. The Morgan fingerprint density at radius 2 is 0.475 bits per heavy atom. The number of unbranched alkanes of at least 4 members (excludes halogenated alkanes) is 43. The Balaban J connectivity index is 5.25. The van der Waals surface area contributed by atoms with Crippen LogP contribution < -0.4 is 0 Å². The number of carbonyl (C=O) groups is 4. The highest BCUT2D eigenvalue weighted by atomic mass is 31.2. The minimum Gasteiger partial charge on any atom is -0.462 e. The average molecular weight is 1480 g/mol. The molecule has 0 spiro atoms. The van der Waals surface area contributed by atoms with E-state index in [-0.39, 0.29) is 25.7 Å². The van der Waals surface area contributed by atoms with Gasteiger partial charge in [0, 0.05) is 25.7 Å². The number of esters is 4. The van der Waals surface area contributed by atoms with E-state index in [4.69, 9.17) is 37.0 Å². The molecule has 0 aliphatic carbocycles. The van der Waals surface area contributed by atoms with Gasteiger partial charge in [-0.3, -0.25) is 37.3 Å². The summed E-state index contributed by atoms with van der Waals surface area (Å²) in [6, 6.07) is 0. The fourth-order valence-corrected chi connectivity index (χ4v) is 14.1. The first-order valence-corrected chi connectivity index (χ1v) is 45.3. The van der Waals surface area contributed by atoms with Gasteiger partial charge in [-0.25, -0.2) is 9.13 Å². The fraction of sp³-hybridized carbons (Fsp3) is 0.951. The van der Waals surface area contributed by atoms with Crippen LogP contribution in [0.4, 0.5) is 0 Å². The van der Waals surface area contributed by atoms with Crippen molar-refractivity contribution < 1.29 is 80.2 Å². The first kappa shape index (κ1) is 99.1. The minimum absolute atomic E-state index is 0.106. The van der Waals surface area contributed by atoms with Gasteiger partial charge in [0.2, 0.25) is 0 Å². The number of aliphatic hydroxyl groups is 1. The third kappa shape index (κ3) is 73.4. The summed E-state index contributed by atoms with van der Waals surface area (Å²) < 4.78 is 68.8. The first-order valence-electron chi connectivity index (χ1n) is 42.3. The molecule has 0 aromatic heterocycles. The molecule has 3 N–H and O–H groups in total. The summed E-state index contributed by atoms with van der Waals surface area (Å²) in [5.41, 5.74) is 0. The van der Waals surface area contributed by atoms with Gasteiger partial charge in [-0.1, -0.05) is 370 Å². The number of phosphoric ester groups is 2. The van der Waals surface area contributed by atoms with Gasteiger partial charge in [0.05, 0.1) is 26.4 Å². The van der Waals surface area contributed by atoms with Crippen molar-refractivity contribution in [2.75, 3.05) is 39.6 Å². The molecular formula is C82H160O17P2. The monoisotopic (exact) mass is 1480 g/mol. The van der Waals surface area contributed by atoms with E-state index in [9.17, 15) is 43.2 Å². The molecule has 0 saturated carbocycles. The molecule has 17 nitrogen and oxygen atoms in total. The predicted molar refractivity (Wildman–Crippen MR) is 414 cm³/mol. The molecule has 101 heavy (non-hydrogen) atoms. The van der Waals surface area contributed by atoms with Crippen LogP contribution in [0.15, 0.2) is 0 Å². The van der Waals surface area contributed by atoms with E-state index in [1.807, 2.05) is 0 Å². The van der Waals surface area contributed by atoms with Crippen molar-refractivity contribution in [2.24, 2.45) is 23.7 Å². The summed E-state index contributed by atoms with van der Waals surface area (Å²) in [7, 11) is -9.92. The highest BCUT2D eigenvalue weighted by Crippen LogP contribution is 2.45. The fourth-order valence-electron chi connectivity index (χ4n) is 12.5. The quantitative estimate of drug-likeness (QED) is 0.0222. The zero-order valence-corrected chi connectivity index (χ0v) is 68.3. The number of ether oxygens (including phenoxy) is 4. The molecule has 4 unspecified atom stereocenters. The molecule has 0 amide bonds. The van der Waals surface area contributed by atoms with E-state index >= 15 is 0 Å². The Labute approximate surface area is 619 Å². The number of rotatable bonds is 79. The molecule has 7 atom stereocenters. The van der Waals surface area contributed by atoms with Gasteiger partial charge in [0.15, 0.2) is 12.2 Å².